The monoisotopic (exact) mass is 213 g/mol. The van der Waals surface area contributed by atoms with Crippen LogP contribution >= 0.6 is 0 Å². The lowest BCUT2D eigenvalue weighted by molar-refractivity contribution is -0.143. The van der Waals surface area contributed by atoms with E-state index in [2.05, 4.69) is 31.7 Å². The van der Waals surface area contributed by atoms with Crippen LogP contribution in [0.4, 0.5) is 0 Å². The van der Waals surface area contributed by atoms with Gasteiger partial charge in [0.05, 0.1) is 0 Å². The molecular formula is C12H23NO2. The molecule has 0 rings (SSSR count). The number of hydrogen-bond donors (Lipinski definition) is 0. The summed E-state index contributed by atoms with van der Waals surface area (Å²) >= 11 is 0. The van der Waals surface area contributed by atoms with Gasteiger partial charge in [-0.2, -0.15) is 0 Å². The molecule has 0 aliphatic rings. The number of carbonyl (C=O) groups is 1. The third-order valence-electron chi connectivity index (χ3n) is 2.40. The van der Waals surface area contributed by atoms with E-state index in [1.807, 2.05) is 13.0 Å². The van der Waals surface area contributed by atoms with Gasteiger partial charge in [0.15, 0.2) is 0 Å². The van der Waals surface area contributed by atoms with Gasteiger partial charge in [-0.15, -0.1) is 0 Å². The maximum atomic E-state index is 10.7. The quantitative estimate of drug-likeness (QED) is 0.500. The van der Waals surface area contributed by atoms with Crippen LogP contribution in [0.5, 0.6) is 0 Å². The third kappa shape index (κ3) is 6.28. The van der Waals surface area contributed by atoms with Gasteiger partial charge in [-0.05, 0) is 33.0 Å². The first kappa shape index (κ1) is 14.2. The SMILES string of the molecule is CCN(CC)[C@@H](C)/C=C/[C@@H](C)OC(C)=O. The van der Waals surface area contributed by atoms with E-state index in [0.29, 0.717) is 6.04 Å². The molecule has 0 unspecified atom stereocenters. The molecule has 3 heteroatoms. The van der Waals surface area contributed by atoms with Gasteiger partial charge in [-0.1, -0.05) is 19.9 Å². The molecule has 15 heavy (non-hydrogen) atoms. The minimum Gasteiger partial charge on any atom is -0.459 e. The van der Waals surface area contributed by atoms with Crippen LogP contribution in [0, 0.1) is 0 Å². The van der Waals surface area contributed by atoms with E-state index >= 15 is 0 Å². The predicted molar refractivity (Wildman–Crippen MR) is 62.8 cm³/mol. The van der Waals surface area contributed by atoms with E-state index in [-0.39, 0.29) is 12.1 Å². The molecule has 2 atom stereocenters. The molecule has 0 saturated carbocycles. The highest BCUT2D eigenvalue weighted by atomic mass is 16.5. The van der Waals surface area contributed by atoms with Gasteiger partial charge in [0.1, 0.15) is 6.10 Å². The van der Waals surface area contributed by atoms with Crippen molar-refractivity contribution in [1.82, 2.24) is 4.90 Å². The van der Waals surface area contributed by atoms with Gasteiger partial charge in [0.2, 0.25) is 0 Å². The third-order valence-corrected chi connectivity index (χ3v) is 2.40. The first-order valence-corrected chi connectivity index (χ1v) is 5.60. The summed E-state index contributed by atoms with van der Waals surface area (Å²) in [4.78, 5) is 13.0. The number of carbonyl (C=O) groups excluding carboxylic acids is 1. The zero-order chi connectivity index (χ0) is 11.8. The highest BCUT2D eigenvalue weighted by Gasteiger charge is 2.07. The maximum absolute atomic E-state index is 10.7. The minimum atomic E-state index is -0.234. The Balaban J connectivity index is 4.08. The van der Waals surface area contributed by atoms with Crippen LogP contribution in [-0.4, -0.2) is 36.1 Å². The van der Waals surface area contributed by atoms with Crippen LogP contribution < -0.4 is 0 Å². The standard InChI is InChI=1S/C12H23NO2/c1-6-13(7-2)10(3)8-9-11(4)15-12(5)14/h8-11H,6-7H2,1-5H3/b9-8+/t10-,11+/m0/s1. The van der Waals surface area contributed by atoms with Crippen LogP contribution in [0.1, 0.15) is 34.6 Å². The smallest absolute Gasteiger partial charge is 0.303 e. The normalized spacial score (nSPS) is 15.6. The van der Waals surface area contributed by atoms with Gasteiger partial charge in [0, 0.05) is 13.0 Å². The largest absolute Gasteiger partial charge is 0.459 e. The lowest BCUT2D eigenvalue weighted by atomic mass is 10.2. The summed E-state index contributed by atoms with van der Waals surface area (Å²) in [6, 6.07) is 0.387. The second-order valence-electron chi connectivity index (χ2n) is 3.66. The van der Waals surface area contributed by atoms with Crippen molar-refractivity contribution in [2.45, 2.75) is 46.8 Å². The van der Waals surface area contributed by atoms with Gasteiger partial charge in [-0.25, -0.2) is 0 Å². The Morgan fingerprint density at radius 2 is 1.80 bits per heavy atom. The Labute approximate surface area is 93.1 Å². The molecule has 0 bridgehead atoms. The maximum Gasteiger partial charge on any atom is 0.303 e. The van der Waals surface area contributed by atoms with Crippen LogP contribution in [0.3, 0.4) is 0 Å². The summed E-state index contributed by atoms with van der Waals surface area (Å²) in [6.07, 6.45) is 3.88. The molecular weight excluding hydrogens is 190 g/mol. The molecule has 0 N–H and O–H groups in total. The molecule has 0 saturated heterocycles. The van der Waals surface area contributed by atoms with Gasteiger partial charge in [0.25, 0.3) is 0 Å². The predicted octanol–water partition coefficient (Wildman–Crippen LogP) is 2.22. The van der Waals surface area contributed by atoms with Crippen molar-refractivity contribution >= 4 is 5.97 Å². The summed E-state index contributed by atoms with van der Waals surface area (Å²) in [5.74, 6) is -0.234. The first-order chi connectivity index (χ1) is 7.01. The van der Waals surface area contributed by atoms with Crippen molar-refractivity contribution in [3.8, 4) is 0 Å². The Kier molecular flexibility index (Phi) is 7.05. The second kappa shape index (κ2) is 7.46. The molecule has 0 aliphatic carbocycles. The molecule has 88 valence electrons. The Morgan fingerprint density at radius 1 is 1.27 bits per heavy atom. The van der Waals surface area contributed by atoms with Crippen LogP contribution in [0.2, 0.25) is 0 Å². The zero-order valence-electron chi connectivity index (χ0n) is 10.5. The Morgan fingerprint density at radius 3 is 2.20 bits per heavy atom. The van der Waals surface area contributed by atoms with Crippen molar-refractivity contribution in [3.63, 3.8) is 0 Å². The summed E-state index contributed by atoms with van der Waals surface area (Å²) < 4.78 is 5.00. The fourth-order valence-corrected chi connectivity index (χ4v) is 1.54. The van der Waals surface area contributed by atoms with Gasteiger partial charge < -0.3 is 4.74 Å². The number of ether oxygens (including phenoxy) is 1. The molecule has 0 radical (unpaired) electrons. The fraction of sp³-hybridized carbons (Fsp3) is 0.750. The Bertz CT molecular complexity index is 210. The van der Waals surface area contributed by atoms with Crippen molar-refractivity contribution in [3.05, 3.63) is 12.2 Å². The number of rotatable bonds is 6. The summed E-state index contributed by atoms with van der Waals surface area (Å²) in [6.45, 7) is 11.8. The number of esters is 1. The fourth-order valence-electron chi connectivity index (χ4n) is 1.54. The lowest BCUT2D eigenvalue weighted by Gasteiger charge is -2.23. The van der Waals surface area contributed by atoms with Gasteiger partial charge >= 0.3 is 5.97 Å². The molecule has 0 heterocycles. The molecule has 0 spiro atoms. The van der Waals surface area contributed by atoms with Crippen molar-refractivity contribution in [2.75, 3.05) is 13.1 Å². The summed E-state index contributed by atoms with van der Waals surface area (Å²) in [5.41, 5.74) is 0. The highest BCUT2D eigenvalue weighted by molar-refractivity contribution is 5.66. The van der Waals surface area contributed by atoms with E-state index in [1.165, 1.54) is 6.92 Å². The summed E-state index contributed by atoms with van der Waals surface area (Å²) in [5, 5.41) is 0. The van der Waals surface area contributed by atoms with Crippen molar-refractivity contribution in [2.24, 2.45) is 0 Å². The first-order valence-electron chi connectivity index (χ1n) is 5.60. The highest BCUT2D eigenvalue weighted by Crippen LogP contribution is 2.02. The molecule has 0 amide bonds. The van der Waals surface area contributed by atoms with E-state index in [0.717, 1.165) is 13.1 Å². The molecule has 0 fully saturated rings. The van der Waals surface area contributed by atoms with Gasteiger partial charge in [-0.3, -0.25) is 9.69 Å². The van der Waals surface area contributed by atoms with Crippen molar-refractivity contribution in [1.29, 1.82) is 0 Å². The number of hydrogen-bond acceptors (Lipinski definition) is 3. The second-order valence-corrected chi connectivity index (χ2v) is 3.66. The molecule has 3 nitrogen and oxygen atoms in total. The Hall–Kier alpha value is -0.830. The van der Waals surface area contributed by atoms with Crippen molar-refractivity contribution < 1.29 is 9.53 Å². The average molecular weight is 213 g/mol. The molecule has 0 aromatic rings. The van der Waals surface area contributed by atoms with E-state index in [9.17, 15) is 4.79 Å². The number of likely N-dealkylation sites (N-methyl/N-ethyl adjacent to an activating group) is 1. The zero-order valence-corrected chi connectivity index (χ0v) is 10.5. The van der Waals surface area contributed by atoms with Crippen LogP contribution in [0.15, 0.2) is 12.2 Å². The van der Waals surface area contributed by atoms with E-state index < -0.39 is 0 Å². The van der Waals surface area contributed by atoms with E-state index in [4.69, 9.17) is 4.74 Å². The topological polar surface area (TPSA) is 29.5 Å². The number of nitrogens with zero attached hydrogens (tertiary/aromatic N) is 1. The van der Waals surface area contributed by atoms with Crippen LogP contribution in [0.25, 0.3) is 0 Å². The summed E-state index contributed by atoms with van der Waals surface area (Å²) in [7, 11) is 0. The molecule has 0 aromatic carbocycles. The van der Waals surface area contributed by atoms with Crippen LogP contribution in [-0.2, 0) is 9.53 Å². The van der Waals surface area contributed by atoms with E-state index in [1.54, 1.807) is 0 Å². The molecule has 0 aromatic heterocycles. The molecule has 0 aliphatic heterocycles. The minimum absolute atomic E-state index is 0.138. The average Bonchev–Trinajstić information content (AvgIpc) is 2.15. The lowest BCUT2D eigenvalue weighted by Crippen LogP contribution is -2.31.